The van der Waals surface area contributed by atoms with Gasteiger partial charge in [0.2, 0.25) is 15.9 Å². The number of nitrogens with one attached hydrogen (secondary N) is 1. The van der Waals surface area contributed by atoms with Crippen molar-refractivity contribution in [3.05, 3.63) is 58.1 Å². The highest BCUT2D eigenvalue weighted by Gasteiger charge is 2.40. The third-order valence-electron chi connectivity index (χ3n) is 5.35. The molecular weight excluding hydrogens is 515 g/mol. The van der Waals surface area contributed by atoms with Crippen molar-refractivity contribution in [1.29, 1.82) is 0 Å². The van der Waals surface area contributed by atoms with Crippen LogP contribution in [0.3, 0.4) is 0 Å². The number of carboxylic acid groups (broad SMARTS) is 1. The molecule has 0 saturated carbocycles. The maximum absolute atomic E-state index is 13.2. The smallest absolute Gasteiger partial charge is 0.326 e. The van der Waals surface area contributed by atoms with Gasteiger partial charge in [-0.2, -0.15) is 4.31 Å². The van der Waals surface area contributed by atoms with E-state index in [4.69, 9.17) is 27.9 Å². The average Bonchev–Trinajstić information content (AvgIpc) is 3.24. The van der Waals surface area contributed by atoms with Gasteiger partial charge >= 0.3 is 5.97 Å². The number of hydrogen-bond donors (Lipinski definition) is 2. The molecule has 0 bridgehead atoms. The summed E-state index contributed by atoms with van der Waals surface area (Å²) in [7, 11) is -4.07. The van der Waals surface area contributed by atoms with Crippen molar-refractivity contribution in [3.8, 4) is 5.75 Å². The Morgan fingerprint density at radius 1 is 1.14 bits per heavy atom. The zero-order valence-corrected chi connectivity index (χ0v) is 22.0. The molecular formula is C24H28Cl2N2O6S. The molecule has 0 radical (unpaired) electrons. The van der Waals surface area contributed by atoms with E-state index >= 15 is 0 Å². The molecule has 2 aromatic carbocycles. The minimum absolute atomic E-state index is 0.0280. The maximum Gasteiger partial charge on any atom is 0.326 e. The molecule has 1 heterocycles. The lowest BCUT2D eigenvalue weighted by Crippen LogP contribution is -2.51. The zero-order valence-electron chi connectivity index (χ0n) is 19.6. The van der Waals surface area contributed by atoms with E-state index < -0.39 is 34.0 Å². The summed E-state index contributed by atoms with van der Waals surface area (Å²) in [6, 6.07) is 8.62. The van der Waals surface area contributed by atoms with Crippen LogP contribution < -0.4 is 10.1 Å². The highest BCUT2D eigenvalue weighted by molar-refractivity contribution is 7.89. The molecule has 0 unspecified atom stereocenters. The molecule has 1 saturated heterocycles. The van der Waals surface area contributed by atoms with Crippen LogP contribution in [0.5, 0.6) is 5.75 Å². The average molecular weight is 543 g/mol. The summed E-state index contributed by atoms with van der Waals surface area (Å²) in [6.45, 7) is 5.89. The van der Waals surface area contributed by atoms with Crippen LogP contribution in [0.25, 0.3) is 0 Å². The molecule has 0 aliphatic carbocycles. The van der Waals surface area contributed by atoms with Crippen LogP contribution in [0.15, 0.2) is 47.4 Å². The van der Waals surface area contributed by atoms with Gasteiger partial charge in [0.05, 0.1) is 4.90 Å². The van der Waals surface area contributed by atoms with Gasteiger partial charge in [-0.05, 0) is 69.5 Å². The molecule has 2 aromatic rings. The van der Waals surface area contributed by atoms with Gasteiger partial charge in [0.1, 0.15) is 23.4 Å². The lowest BCUT2D eigenvalue weighted by atomic mass is 10.0. The fourth-order valence-electron chi connectivity index (χ4n) is 3.85. The summed E-state index contributed by atoms with van der Waals surface area (Å²) in [5.41, 5.74) is 0.312. The van der Waals surface area contributed by atoms with Gasteiger partial charge in [-0.15, -0.1) is 0 Å². The molecule has 8 nitrogen and oxygen atoms in total. The van der Waals surface area contributed by atoms with Crippen LogP contribution in [0.1, 0.15) is 39.2 Å². The van der Waals surface area contributed by atoms with Crippen LogP contribution in [0, 0.1) is 0 Å². The first kappa shape index (κ1) is 27.3. The number of aliphatic carboxylic acids is 1. The lowest BCUT2D eigenvalue weighted by molar-refractivity contribution is -0.142. The van der Waals surface area contributed by atoms with E-state index in [1.165, 1.54) is 18.2 Å². The van der Waals surface area contributed by atoms with Crippen LogP contribution in [-0.4, -0.2) is 53.9 Å². The van der Waals surface area contributed by atoms with Crippen molar-refractivity contribution >= 4 is 45.1 Å². The normalized spacial score (nSPS) is 17.7. The quantitative estimate of drug-likeness (QED) is 0.518. The number of amides is 1. The minimum atomic E-state index is -4.07. The number of carboxylic acids is 1. The number of hydrogen-bond acceptors (Lipinski definition) is 5. The van der Waals surface area contributed by atoms with E-state index in [1.807, 2.05) is 20.8 Å². The standard InChI is InChI=1S/C24H28Cl2N2O6S/c1-24(2,3)34-18-8-6-15(7-9-18)11-20(23(30)31)27-22(29)21-5-4-10-28(21)35(32,33)19-13-16(25)12-17(26)14-19/h6-9,12-14,20-21H,4-5,10-11H2,1-3H3,(H,27,29)(H,30,31)/t20-,21-/m0/s1. The topological polar surface area (TPSA) is 113 Å². The molecule has 35 heavy (non-hydrogen) atoms. The van der Waals surface area contributed by atoms with Gasteiger partial charge in [-0.25, -0.2) is 13.2 Å². The van der Waals surface area contributed by atoms with Crippen molar-refractivity contribution in [3.63, 3.8) is 0 Å². The molecule has 190 valence electrons. The monoisotopic (exact) mass is 542 g/mol. The van der Waals surface area contributed by atoms with E-state index in [2.05, 4.69) is 5.32 Å². The highest BCUT2D eigenvalue weighted by atomic mass is 35.5. The lowest BCUT2D eigenvalue weighted by Gasteiger charge is -2.25. The Bertz CT molecular complexity index is 1180. The van der Waals surface area contributed by atoms with Gasteiger partial charge in [-0.1, -0.05) is 35.3 Å². The van der Waals surface area contributed by atoms with Crippen LogP contribution >= 0.6 is 23.2 Å². The number of benzene rings is 2. The van der Waals surface area contributed by atoms with Crippen molar-refractivity contribution in [1.82, 2.24) is 9.62 Å². The summed E-state index contributed by atoms with van der Waals surface area (Å²) in [5, 5.41) is 12.5. The molecule has 1 aliphatic rings. The second-order valence-electron chi connectivity index (χ2n) is 9.34. The summed E-state index contributed by atoms with van der Waals surface area (Å²) in [5.74, 6) is -1.24. The number of carbonyl (C=O) groups excluding carboxylic acids is 1. The Kier molecular flexibility index (Phi) is 8.36. The molecule has 3 rings (SSSR count). The third-order valence-corrected chi connectivity index (χ3v) is 7.67. The van der Waals surface area contributed by atoms with Crippen molar-refractivity contribution < 1.29 is 27.9 Å². The molecule has 0 spiro atoms. The first-order valence-corrected chi connectivity index (χ1v) is 13.2. The minimum Gasteiger partial charge on any atom is -0.488 e. The Balaban J connectivity index is 1.74. The fourth-order valence-corrected chi connectivity index (χ4v) is 6.24. The van der Waals surface area contributed by atoms with Gasteiger partial charge in [-0.3, -0.25) is 4.79 Å². The maximum atomic E-state index is 13.2. The van der Waals surface area contributed by atoms with E-state index in [9.17, 15) is 23.1 Å². The van der Waals surface area contributed by atoms with Crippen LogP contribution in [0.4, 0.5) is 0 Å². The molecule has 1 amide bonds. The van der Waals surface area contributed by atoms with Crippen molar-refractivity contribution in [2.45, 2.75) is 62.6 Å². The number of ether oxygens (including phenoxy) is 1. The number of sulfonamides is 1. The molecule has 2 N–H and O–H groups in total. The predicted octanol–water partition coefficient (Wildman–Crippen LogP) is 4.14. The molecule has 0 aromatic heterocycles. The van der Waals surface area contributed by atoms with Gasteiger partial charge in [0.15, 0.2) is 0 Å². The van der Waals surface area contributed by atoms with Crippen molar-refractivity contribution in [2.24, 2.45) is 0 Å². The fraction of sp³-hybridized carbons (Fsp3) is 0.417. The first-order valence-electron chi connectivity index (χ1n) is 11.1. The first-order chi connectivity index (χ1) is 16.3. The Morgan fingerprint density at radius 3 is 2.29 bits per heavy atom. The Hall–Kier alpha value is -2.33. The zero-order chi connectivity index (χ0) is 26.0. The molecule has 1 aliphatic heterocycles. The number of carbonyl (C=O) groups is 2. The van der Waals surface area contributed by atoms with E-state index in [0.717, 1.165) is 4.31 Å². The van der Waals surface area contributed by atoms with E-state index in [0.29, 0.717) is 17.7 Å². The predicted molar refractivity (Wildman–Crippen MR) is 133 cm³/mol. The van der Waals surface area contributed by atoms with Gasteiger partial charge < -0.3 is 15.2 Å². The van der Waals surface area contributed by atoms with Crippen LogP contribution in [-0.2, 0) is 26.0 Å². The Labute approximate surface area is 215 Å². The SMILES string of the molecule is CC(C)(C)Oc1ccc(C[C@H](NC(=O)[C@@H]2CCCN2S(=O)(=O)c2cc(Cl)cc(Cl)c2)C(=O)O)cc1. The second kappa shape index (κ2) is 10.7. The van der Waals surface area contributed by atoms with E-state index in [-0.39, 0.29) is 39.9 Å². The third kappa shape index (κ3) is 7.10. The van der Waals surface area contributed by atoms with Crippen molar-refractivity contribution in [2.75, 3.05) is 6.54 Å². The van der Waals surface area contributed by atoms with Crippen LogP contribution in [0.2, 0.25) is 10.0 Å². The second-order valence-corrected chi connectivity index (χ2v) is 12.1. The number of halogens is 2. The van der Waals surface area contributed by atoms with E-state index in [1.54, 1.807) is 24.3 Å². The molecule has 11 heteroatoms. The molecule has 1 fully saturated rings. The summed E-state index contributed by atoms with van der Waals surface area (Å²) < 4.78 is 33.2. The highest BCUT2D eigenvalue weighted by Crippen LogP contribution is 2.30. The largest absolute Gasteiger partial charge is 0.488 e. The summed E-state index contributed by atoms with van der Waals surface area (Å²) >= 11 is 11.9. The molecule has 2 atom stereocenters. The number of nitrogens with zero attached hydrogens (tertiary/aromatic N) is 1. The summed E-state index contributed by atoms with van der Waals surface area (Å²) in [4.78, 5) is 24.8. The van der Waals surface area contributed by atoms with Gasteiger partial charge in [0.25, 0.3) is 0 Å². The number of rotatable bonds is 8. The summed E-state index contributed by atoms with van der Waals surface area (Å²) in [6.07, 6.45) is 0.753. The Morgan fingerprint density at radius 2 is 1.74 bits per heavy atom. The van der Waals surface area contributed by atoms with Gasteiger partial charge in [0, 0.05) is 23.0 Å².